The van der Waals surface area contributed by atoms with Gasteiger partial charge in [-0.15, -0.1) is 0 Å². The molecule has 0 saturated carbocycles. The lowest BCUT2D eigenvalue weighted by Gasteiger charge is -2.26. The first-order valence-electron chi connectivity index (χ1n) is 7.48. The van der Waals surface area contributed by atoms with E-state index in [1.54, 1.807) is 0 Å². The predicted molar refractivity (Wildman–Crippen MR) is 82.1 cm³/mol. The Hall–Kier alpha value is -1.45. The third-order valence-electron chi connectivity index (χ3n) is 3.94. The molecule has 1 aliphatic rings. The molecule has 0 radical (unpaired) electrons. The molecule has 1 saturated heterocycles. The summed E-state index contributed by atoms with van der Waals surface area (Å²) in [4.78, 5) is 7.04. The van der Waals surface area contributed by atoms with Gasteiger partial charge in [0.25, 0.3) is 0 Å². The van der Waals surface area contributed by atoms with Crippen molar-refractivity contribution < 1.29 is 4.74 Å². The highest BCUT2D eigenvalue weighted by Crippen LogP contribution is 2.16. The van der Waals surface area contributed by atoms with Gasteiger partial charge in [-0.25, -0.2) is 0 Å². The van der Waals surface area contributed by atoms with Crippen molar-refractivity contribution in [1.82, 2.24) is 9.88 Å². The molecular weight excluding hydrogens is 248 g/mol. The summed E-state index contributed by atoms with van der Waals surface area (Å²) in [6.07, 6.45) is 2.35. The molecule has 0 bridgehead atoms. The van der Waals surface area contributed by atoms with Crippen LogP contribution in [0.5, 0.6) is 0 Å². The van der Waals surface area contributed by atoms with Gasteiger partial charge in [-0.3, -0.25) is 9.88 Å². The van der Waals surface area contributed by atoms with Crippen molar-refractivity contribution in [1.29, 1.82) is 0 Å². The van der Waals surface area contributed by atoms with Crippen LogP contribution in [0.25, 0.3) is 10.9 Å². The molecule has 1 fully saturated rings. The number of aromatic nitrogens is 1. The number of nitrogens with zero attached hydrogens (tertiary/aromatic N) is 2. The zero-order valence-corrected chi connectivity index (χ0v) is 12.1. The number of fused-ring (bicyclic) bond motifs is 1. The summed E-state index contributed by atoms with van der Waals surface area (Å²) in [5, 5.41) is 1.25. The molecule has 1 aromatic heterocycles. The lowest BCUT2D eigenvalue weighted by molar-refractivity contribution is 0.0375. The lowest BCUT2D eigenvalue weighted by atomic mass is 10.1. The summed E-state index contributed by atoms with van der Waals surface area (Å²) < 4.78 is 5.37. The van der Waals surface area contributed by atoms with Crippen molar-refractivity contribution in [2.24, 2.45) is 0 Å². The second-order valence-electron chi connectivity index (χ2n) is 5.54. The van der Waals surface area contributed by atoms with Crippen molar-refractivity contribution in [3.63, 3.8) is 0 Å². The molecule has 3 nitrogen and oxygen atoms in total. The molecule has 3 rings (SSSR count). The summed E-state index contributed by atoms with van der Waals surface area (Å²) in [6.45, 7) is 7.16. The van der Waals surface area contributed by atoms with Crippen LogP contribution in [-0.2, 0) is 11.2 Å². The molecule has 20 heavy (non-hydrogen) atoms. The highest BCUT2D eigenvalue weighted by atomic mass is 16.5. The fourth-order valence-corrected chi connectivity index (χ4v) is 2.76. The van der Waals surface area contributed by atoms with Gasteiger partial charge in [0.2, 0.25) is 0 Å². The van der Waals surface area contributed by atoms with Crippen LogP contribution in [-0.4, -0.2) is 42.7 Å². The van der Waals surface area contributed by atoms with Crippen LogP contribution < -0.4 is 0 Å². The maximum absolute atomic E-state index is 5.37. The molecule has 0 amide bonds. The third-order valence-corrected chi connectivity index (χ3v) is 3.94. The van der Waals surface area contributed by atoms with E-state index in [2.05, 4.69) is 40.2 Å². The van der Waals surface area contributed by atoms with E-state index in [0.717, 1.165) is 43.9 Å². The van der Waals surface area contributed by atoms with Crippen LogP contribution in [0.3, 0.4) is 0 Å². The summed E-state index contributed by atoms with van der Waals surface area (Å²) >= 11 is 0. The maximum atomic E-state index is 5.37. The van der Waals surface area contributed by atoms with E-state index < -0.39 is 0 Å². The van der Waals surface area contributed by atoms with Gasteiger partial charge >= 0.3 is 0 Å². The largest absolute Gasteiger partial charge is 0.379 e. The number of pyridine rings is 1. The monoisotopic (exact) mass is 270 g/mol. The Morgan fingerprint density at radius 3 is 2.85 bits per heavy atom. The molecule has 0 spiro atoms. The Morgan fingerprint density at radius 1 is 1.15 bits per heavy atom. The summed E-state index contributed by atoms with van der Waals surface area (Å²) in [6, 6.07) is 10.9. The fraction of sp³-hybridized carbons (Fsp3) is 0.471. The second kappa shape index (κ2) is 6.33. The molecule has 2 aromatic rings. The van der Waals surface area contributed by atoms with Gasteiger partial charge in [0.1, 0.15) is 0 Å². The zero-order valence-electron chi connectivity index (χ0n) is 12.1. The van der Waals surface area contributed by atoms with E-state index in [9.17, 15) is 0 Å². The quantitative estimate of drug-likeness (QED) is 0.854. The van der Waals surface area contributed by atoms with Gasteiger partial charge in [0.15, 0.2) is 0 Å². The minimum atomic E-state index is 0.890. The summed E-state index contributed by atoms with van der Waals surface area (Å²) in [5.41, 5.74) is 3.59. The van der Waals surface area contributed by atoms with Crippen LogP contribution in [0.4, 0.5) is 0 Å². The highest BCUT2D eigenvalue weighted by molar-refractivity contribution is 5.79. The number of benzene rings is 1. The van der Waals surface area contributed by atoms with Gasteiger partial charge in [-0.05, 0) is 50.1 Å². The Bertz CT molecular complexity index is 576. The van der Waals surface area contributed by atoms with Crippen molar-refractivity contribution in [2.45, 2.75) is 19.8 Å². The van der Waals surface area contributed by atoms with Crippen molar-refractivity contribution >= 4 is 10.9 Å². The number of hydrogen-bond donors (Lipinski definition) is 0. The molecular formula is C17H22N2O. The molecule has 3 heteroatoms. The normalized spacial score (nSPS) is 16.6. The Kier molecular flexibility index (Phi) is 4.28. The topological polar surface area (TPSA) is 25.4 Å². The van der Waals surface area contributed by atoms with E-state index in [1.807, 2.05) is 6.92 Å². The average Bonchev–Trinajstić information content (AvgIpc) is 2.48. The van der Waals surface area contributed by atoms with Crippen LogP contribution in [0, 0.1) is 6.92 Å². The number of hydrogen-bond acceptors (Lipinski definition) is 3. The Balaban J connectivity index is 1.58. The SMILES string of the molecule is Cc1ccc2cc(CCCN3CCOCC3)ccc2n1. The number of rotatable bonds is 4. The molecule has 0 aliphatic carbocycles. The Morgan fingerprint density at radius 2 is 2.00 bits per heavy atom. The first kappa shape index (κ1) is 13.5. The van der Waals surface area contributed by atoms with Crippen LogP contribution in [0.1, 0.15) is 17.7 Å². The number of aryl methyl sites for hydroxylation is 2. The van der Waals surface area contributed by atoms with Crippen LogP contribution in [0.2, 0.25) is 0 Å². The van der Waals surface area contributed by atoms with E-state index in [0.29, 0.717) is 0 Å². The first-order valence-corrected chi connectivity index (χ1v) is 7.48. The van der Waals surface area contributed by atoms with Gasteiger partial charge in [-0.2, -0.15) is 0 Å². The number of ether oxygens (including phenoxy) is 1. The zero-order chi connectivity index (χ0) is 13.8. The van der Waals surface area contributed by atoms with E-state index in [1.165, 1.54) is 23.9 Å². The van der Waals surface area contributed by atoms with Crippen LogP contribution in [0.15, 0.2) is 30.3 Å². The minimum absolute atomic E-state index is 0.890. The van der Waals surface area contributed by atoms with Crippen LogP contribution >= 0.6 is 0 Å². The summed E-state index contributed by atoms with van der Waals surface area (Å²) in [7, 11) is 0. The first-order chi connectivity index (χ1) is 9.81. The molecule has 2 heterocycles. The fourth-order valence-electron chi connectivity index (χ4n) is 2.76. The van der Waals surface area contributed by atoms with Crippen molar-refractivity contribution in [3.05, 3.63) is 41.6 Å². The highest BCUT2D eigenvalue weighted by Gasteiger charge is 2.09. The van der Waals surface area contributed by atoms with E-state index in [-0.39, 0.29) is 0 Å². The average molecular weight is 270 g/mol. The van der Waals surface area contributed by atoms with E-state index in [4.69, 9.17) is 4.74 Å². The smallest absolute Gasteiger partial charge is 0.0705 e. The van der Waals surface area contributed by atoms with E-state index >= 15 is 0 Å². The summed E-state index contributed by atoms with van der Waals surface area (Å²) in [5.74, 6) is 0. The van der Waals surface area contributed by atoms with Gasteiger partial charge < -0.3 is 4.74 Å². The molecule has 1 aliphatic heterocycles. The Labute approximate surface area is 120 Å². The van der Waals surface area contributed by atoms with Gasteiger partial charge in [-0.1, -0.05) is 12.1 Å². The number of morpholine rings is 1. The second-order valence-corrected chi connectivity index (χ2v) is 5.54. The van der Waals surface area contributed by atoms with Gasteiger partial charge in [0, 0.05) is 24.2 Å². The van der Waals surface area contributed by atoms with Gasteiger partial charge in [0.05, 0.1) is 18.7 Å². The molecule has 0 atom stereocenters. The standard InChI is InChI=1S/C17H22N2O/c1-14-4-6-16-13-15(5-7-17(16)18-14)3-2-8-19-9-11-20-12-10-19/h4-7,13H,2-3,8-12H2,1H3. The molecule has 0 unspecified atom stereocenters. The maximum Gasteiger partial charge on any atom is 0.0705 e. The minimum Gasteiger partial charge on any atom is -0.379 e. The molecule has 106 valence electrons. The predicted octanol–water partition coefficient (Wildman–Crippen LogP) is 2.81. The third kappa shape index (κ3) is 3.35. The van der Waals surface area contributed by atoms with Crippen molar-refractivity contribution in [3.8, 4) is 0 Å². The van der Waals surface area contributed by atoms with Crippen molar-refractivity contribution in [2.75, 3.05) is 32.8 Å². The molecule has 0 N–H and O–H groups in total. The lowest BCUT2D eigenvalue weighted by Crippen LogP contribution is -2.36. The molecule has 1 aromatic carbocycles.